The molecule has 0 unspecified atom stereocenters. The van der Waals surface area contributed by atoms with Crippen molar-refractivity contribution in [1.82, 2.24) is 0 Å². The van der Waals surface area contributed by atoms with Crippen molar-refractivity contribution in [2.45, 2.75) is 53.4 Å². The van der Waals surface area contributed by atoms with E-state index in [1.54, 1.807) is 0 Å². The summed E-state index contributed by atoms with van der Waals surface area (Å²) in [7, 11) is 0. The summed E-state index contributed by atoms with van der Waals surface area (Å²) < 4.78 is 5.48. The number of ketones is 1. The molecule has 1 saturated heterocycles. The molecule has 0 saturated carbocycles. The predicted octanol–water partition coefficient (Wildman–Crippen LogP) is 8.32. The number of benzene rings is 3. The van der Waals surface area contributed by atoms with Crippen molar-refractivity contribution < 1.29 is 14.3 Å². The molecule has 0 atom stereocenters. The van der Waals surface area contributed by atoms with Crippen molar-refractivity contribution >= 4 is 34.3 Å². The Morgan fingerprint density at radius 2 is 1.61 bits per heavy atom. The number of anilines is 3. The maximum absolute atomic E-state index is 13.2. The summed E-state index contributed by atoms with van der Waals surface area (Å²) in [6, 6.07) is 21.8. The van der Waals surface area contributed by atoms with Crippen molar-refractivity contribution in [1.29, 1.82) is 0 Å². The number of hydrogen-bond acceptors (Lipinski definition) is 5. The van der Waals surface area contributed by atoms with Gasteiger partial charge < -0.3 is 20.3 Å². The standard InChI is InChI=1S/C38H45N3O3/c1-8-11-32(27(4)36(35(42)9-2)39-30-18-20-31(21-19-30)41-22-24-44-25-23-41)33-12-10-13-34(26(33)3)40-37(43)28-14-16-29(17-15-28)38(5,6)7/h9-21,39H,2,8,22-25H2,1,3-7H3,(H,40,43)/b32-11+,36-27+. The normalized spacial score (nSPS) is 14.5. The van der Waals surface area contributed by atoms with E-state index in [0.29, 0.717) is 11.3 Å². The van der Waals surface area contributed by atoms with E-state index in [9.17, 15) is 9.59 Å². The third kappa shape index (κ3) is 7.74. The van der Waals surface area contributed by atoms with Crippen LogP contribution in [0.5, 0.6) is 0 Å². The maximum atomic E-state index is 13.2. The topological polar surface area (TPSA) is 70.7 Å². The van der Waals surface area contributed by atoms with Gasteiger partial charge in [0.05, 0.1) is 18.9 Å². The largest absolute Gasteiger partial charge is 0.378 e. The van der Waals surface area contributed by atoms with Gasteiger partial charge in [-0.05, 0) is 102 Å². The highest BCUT2D eigenvalue weighted by molar-refractivity contribution is 6.09. The fraction of sp³-hybridized carbons (Fsp3) is 0.316. The van der Waals surface area contributed by atoms with Gasteiger partial charge in [-0.2, -0.15) is 0 Å². The van der Waals surface area contributed by atoms with Gasteiger partial charge >= 0.3 is 0 Å². The molecule has 2 N–H and O–H groups in total. The van der Waals surface area contributed by atoms with Crippen LogP contribution in [0.1, 0.15) is 68.1 Å². The van der Waals surface area contributed by atoms with E-state index in [2.05, 4.69) is 68.0 Å². The number of rotatable bonds is 10. The first-order chi connectivity index (χ1) is 21.0. The fourth-order valence-corrected chi connectivity index (χ4v) is 5.35. The first-order valence-corrected chi connectivity index (χ1v) is 15.3. The third-order valence-electron chi connectivity index (χ3n) is 8.02. The summed E-state index contributed by atoms with van der Waals surface area (Å²) in [4.78, 5) is 28.7. The number of morpholine rings is 1. The van der Waals surface area contributed by atoms with E-state index in [4.69, 9.17) is 4.74 Å². The van der Waals surface area contributed by atoms with Gasteiger partial charge in [0.25, 0.3) is 5.91 Å². The first-order valence-electron chi connectivity index (χ1n) is 15.3. The van der Waals surface area contributed by atoms with Crippen LogP contribution < -0.4 is 15.5 Å². The number of carbonyl (C=O) groups is 2. The van der Waals surface area contributed by atoms with Gasteiger partial charge in [-0.25, -0.2) is 0 Å². The molecule has 0 spiro atoms. The average Bonchev–Trinajstić information content (AvgIpc) is 3.03. The Morgan fingerprint density at radius 1 is 0.955 bits per heavy atom. The van der Waals surface area contributed by atoms with Crippen LogP contribution in [-0.2, 0) is 14.9 Å². The monoisotopic (exact) mass is 591 g/mol. The third-order valence-corrected chi connectivity index (χ3v) is 8.02. The molecule has 3 aromatic carbocycles. The van der Waals surface area contributed by atoms with Crippen LogP contribution in [0.2, 0.25) is 0 Å². The molecule has 0 aliphatic carbocycles. The minimum atomic E-state index is -0.192. The highest BCUT2D eigenvalue weighted by atomic mass is 16.5. The predicted molar refractivity (Wildman–Crippen MR) is 184 cm³/mol. The molecule has 3 aromatic rings. The van der Waals surface area contributed by atoms with E-state index < -0.39 is 0 Å². The number of carbonyl (C=O) groups excluding carboxylic acids is 2. The zero-order chi connectivity index (χ0) is 31.9. The Morgan fingerprint density at radius 3 is 2.20 bits per heavy atom. The molecule has 1 fully saturated rings. The minimum absolute atomic E-state index is 0.0143. The molecular formula is C38H45N3O3. The van der Waals surface area contributed by atoms with Gasteiger partial charge in [-0.3, -0.25) is 9.59 Å². The molecule has 1 heterocycles. The second-order valence-corrected chi connectivity index (χ2v) is 12.1. The van der Waals surface area contributed by atoms with E-state index in [-0.39, 0.29) is 17.1 Å². The zero-order valence-electron chi connectivity index (χ0n) is 26.9. The quantitative estimate of drug-likeness (QED) is 0.183. The Kier molecular flexibility index (Phi) is 10.6. The van der Waals surface area contributed by atoms with E-state index >= 15 is 0 Å². The lowest BCUT2D eigenvalue weighted by Crippen LogP contribution is -2.36. The van der Waals surface area contributed by atoms with Gasteiger partial charge in [-0.15, -0.1) is 0 Å². The fourth-order valence-electron chi connectivity index (χ4n) is 5.35. The Balaban J connectivity index is 1.63. The van der Waals surface area contributed by atoms with E-state index in [1.807, 2.05) is 68.4 Å². The van der Waals surface area contributed by atoms with E-state index in [0.717, 1.165) is 72.1 Å². The SMILES string of the molecule is C=CC(=O)/C(Nc1ccc(N2CCOCC2)cc1)=C(C)\C(=C/CC)c1cccc(NC(=O)c2ccc(C(C)(C)C)cc2)c1C. The lowest BCUT2D eigenvalue weighted by Gasteiger charge is -2.29. The summed E-state index contributed by atoms with van der Waals surface area (Å²) in [6.45, 7) is 19.4. The van der Waals surface area contributed by atoms with Crippen LogP contribution in [0.15, 0.2) is 96.7 Å². The van der Waals surface area contributed by atoms with Crippen LogP contribution >= 0.6 is 0 Å². The van der Waals surface area contributed by atoms with Gasteiger partial charge in [0.15, 0.2) is 0 Å². The molecule has 6 heteroatoms. The van der Waals surface area contributed by atoms with Crippen LogP contribution in [0, 0.1) is 6.92 Å². The van der Waals surface area contributed by atoms with Gasteiger partial charge in [0, 0.05) is 35.7 Å². The van der Waals surface area contributed by atoms with Crippen LogP contribution in [-0.4, -0.2) is 38.0 Å². The van der Waals surface area contributed by atoms with Crippen LogP contribution in [0.3, 0.4) is 0 Å². The highest BCUT2D eigenvalue weighted by Crippen LogP contribution is 2.33. The molecule has 1 aliphatic rings. The molecule has 1 aliphatic heterocycles. The van der Waals surface area contributed by atoms with Crippen molar-refractivity contribution in [3.63, 3.8) is 0 Å². The molecule has 4 rings (SSSR count). The molecule has 0 radical (unpaired) electrons. The van der Waals surface area contributed by atoms with Crippen LogP contribution in [0.25, 0.3) is 5.57 Å². The molecule has 1 amide bonds. The lowest BCUT2D eigenvalue weighted by atomic mass is 9.86. The summed E-state index contributed by atoms with van der Waals surface area (Å²) >= 11 is 0. The molecule has 0 aromatic heterocycles. The Hall–Kier alpha value is -4.42. The lowest BCUT2D eigenvalue weighted by molar-refractivity contribution is -0.111. The summed E-state index contributed by atoms with van der Waals surface area (Å²) in [5.41, 5.74) is 8.53. The van der Waals surface area contributed by atoms with Gasteiger partial charge in [0.2, 0.25) is 5.78 Å². The van der Waals surface area contributed by atoms with E-state index in [1.165, 1.54) is 11.6 Å². The Bertz CT molecular complexity index is 1550. The van der Waals surface area contributed by atoms with Crippen molar-refractivity contribution in [3.05, 3.63) is 119 Å². The van der Waals surface area contributed by atoms with Gasteiger partial charge in [-0.1, -0.05) is 64.6 Å². The summed E-state index contributed by atoms with van der Waals surface area (Å²) in [5, 5.41) is 6.48. The molecular weight excluding hydrogens is 546 g/mol. The number of amides is 1. The van der Waals surface area contributed by atoms with Crippen LogP contribution in [0.4, 0.5) is 17.1 Å². The second-order valence-electron chi connectivity index (χ2n) is 12.1. The average molecular weight is 592 g/mol. The first kappa shape index (κ1) is 32.5. The number of hydrogen-bond donors (Lipinski definition) is 2. The number of nitrogens with one attached hydrogen (secondary N) is 2. The number of nitrogens with zero attached hydrogens (tertiary/aromatic N) is 1. The van der Waals surface area contributed by atoms with Crippen molar-refractivity contribution in [2.24, 2.45) is 0 Å². The molecule has 44 heavy (non-hydrogen) atoms. The second kappa shape index (κ2) is 14.4. The Labute approximate surface area is 262 Å². The smallest absolute Gasteiger partial charge is 0.255 e. The number of ether oxygens (including phenoxy) is 1. The summed E-state index contributed by atoms with van der Waals surface area (Å²) in [6.07, 6.45) is 4.23. The molecule has 6 nitrogen and oxygen atoms in total. The highest BCUT2D eigenvalue weighted by Gasteiger charge is 2.19. The molecule has 0 bridgehead atoms. The molecule has 230 valence electrons. The maximum Gasteiger partial charge on any atom is 0.255 e. The van der Waals surface area contributed by atoms with Gasteiger partial charge in [0.1, 0.15) is 0 Å². The van der Waals surface area contributed by atoms with Crippen molar-refractivity contribution in [3.8, 4) is 0 Å². The summed E-state index contributed by atoms with van der Waals surface area (Å²) in [5.74, 6) is -0.355. The van der Waals surface area contributed by atoms with Crippen molar-refractivity contribution in [2.75, 3.05) is 41.8 Å². The minimum Gasteiger partial charge on any atom is -0.378 e. The number of allylic oxidation sites excluding steroid dienone is 4. The zero-order valence-corrected chi connectivity index (χ0v) is 26.9.